The maximum absolute atomic E-state index is 12.1. The molecular weight excluding hydrogens is 388 g/mol. The van der Waals surface area contributed by atoms with Gasteiger partial charge in [0.15, 0.2) is 22.5 Å². The number of benzene rings is 2. The van der Waals surface area contributed by atoms with Gasteiger partial charge in [0.05, 0.1) is 25.7 Å². The van der Waals surface area contributed by atoms with Crippen LogP contribution in [-0.2, 0) is 4.79 Å². The Balaban J connectivity index is 2.02. The number of carbonyl (C=O) groups is 1. The van der Waals surface area contributed by atoms with Crippen molar-refractivity contribution in [2.24, 2.45) is 0 Å². The van der Waals surface area contributed by atoms with Gasteiger partial charge in [-0.1, -0.05) is 42.1 Å². The third kappa shape index (κ3) is 4.89. The van der Waals surface area contributed by atoms with Crippen LogP contribution in [0.25, 0.3) is 17.1 Å². The fraction of sp³-hybridized carbons (Fsp3) is 0.286. The van der Waals surface area contributed by atoms with Crippen LogP contribution in [0.3, 0.4) is 0 Å². The van der Waals surface area contributed by atoms with Gasteiger partial charge in [-0.05, 0) is 26.0 Å². The summed E-state index contributed by atoms with van der Waals surface area (Å²) in [4.78, 5) is 12.1. The van der Waals surface area contributed by atoms with Gasteiger partial charge in [-0.2, -0.15) is 0 Å². The smallest absolute Gasteiger partial charge is 0.230 e. The summed E-state index contributed by atoms with van der Waals surface area (Å²) >= 11 is 1.34. The Morgan fingerprint density at radius 1 is 1.07 bits per heavy atom. The molecule has 0 unspecified atom stereocenters. The lowest BCUT2D eigenvalue weighted by atomic mass is 10.2. The van der Waals surface area contributed by atoms with Crippen molar-refractivity contribution >= 4 is 17.7 Å². The lowest BCUT2D eigenvalue weighted by molar-refractivity contribution is -0.119. The third-order valence-electron chi connectivity index (χ3n) is 4.07. The Morgan fingerprint density at radius 2 is 1.79 bits per heavy atom. The first-order chi connectivity index (χ1) is 14.0. The molecule has 0 radical (unpaired) electrons. The maximum Gasteiger partial charge on any atom is 0.230 e. The standard InChI is InChI=1S/C21H24N4O3S/c1-14(2)22-19(26)13-29-21-24-23-20(15-8-6-5-7-9-15)25(21)16-10-11-17(27-3)18(12-16)28-4/h5-12,14H,13H2,1-4H3,(H,22,26). The summed E-state index contributed by atoms with van der Waals surface area (Å²) in [7, 11) is 3.19. The van der Waals surface area contributed by atoms with Crippen molar-refractivity contribution in [2.45, 2.75) is 25.0 Å². The third-order valence-corrected chi connectivity index (χ3v) is 5.00. The van der Waals surface area contributed by atoms with E-state index in [1.54, 1.807) is 14.2 Å². The molecule has 1 heterocycles. The molecule has 29 heavy (non-hydrogen) atoms. The molecule has 0 aliphatic heterocycles. The van der Waals surface area contributed by atoms with Gasteiger partial charge in [0.2, 0.25) is 5.91 Å². The Hall–Kier alpha value is -3.00. The molecule has 3 rings (SSSR count). The molecule has 152 valence electrons. The first kappa shape index (κ1) is 20.7. The van der Waals surface area contributed by atoms with Crippen LogP contribution in [0.2, 0.25) is 0 Å². The molecule has 3 aromatic rings. The second-order valence-corrected chi connectivity index (χ2v) is 7.50. The van der Waals surface area contributed by atoms with Gasteiger partial charge in [0.1, 0.15) is 0 Å². The van der Waals surface area contributed by atoms with Crippen molar-refractivity contribution in [1.29, 1.82) is 0 Å². The van der Waals surface area contributed by atoms with Crippen LogP contribution in [0.4, 0.5) is 0 Å². The zero-order valence-corrected chi connectivity index (χ0v) is 17.7. The van der Waals surface area contributed by atoms with E-state index in [0.717, 1.165) is 11.3 Å². The number of ether oxygens (including phenoxy) is 2. The van der Waals surface area contributed by atoms with Crippen LogP contribution in [0.1, 0.15) is 13.8 Å². The van der Waals surface area contributed by atoms with Gasteiger partial charge in [0, 0.05) is 17.7 Å². The predicted octanol–water partition coefficient (Wildman–Crippen LogP) is 3.57. The summed E-state index contributed by atoms with van der Waals surface area (Å²) in [5.74, 6) is 2.12. The SMILES string of the molecule is COc1ccc(-n2c(SCC(=O)NC(C)C)nnc2-c2ccccc2)cc1OC. The van der Waals surface area contributed by atoms with E-state index in [0.29, 0.717) is 22.5 Å². The molecule has 0 atom stereocenters. The fourth-order valence-electron chi connectivity index (χ4n) is 2.83. The normalized spacial score (nSPS) is 10.8. The van der Waals surface area contributed by atoms with Crippen molar-refractivity contribution in [3.63, 3.8) is 0 Å². The highest BCUT2D eigenvalue weighted by molar-refractivity contribution is 7.99. The zero-order chi connectivity index (χ0) is 20.8. The number of nitrogens with one attached hydrogen (secondary N) is 1. The average Bonchev–Trinajstić information content (AvgIpc) is 3.15. The number of amides is 1. The predicted molar refractivity (Wildman–Crippen MR) is 114 cm³/mol. The molecule has 7 nitrogen and oxygen atoms in total. The van der Waals surface area contributed by atoms with Crippen molar-refractivity contribution in [1.82, 2.24) is 20.1 Å². The molecule has 2 aromatic carbocycles. The van der Waals surface area contributed by atoms with Gasteiger partial charge >= 0.3 is 0 Å². The second kappa shape index (κ2) is 9.47. The number of aromatic nitrogens is 3. The Bertz CT molecular complexity index is 973. The summed E-state index contributed by atoms with van der Waals surface area (Å²) in [5.41, 5.74) is 1.74. The topological polar surface area (TPSA) is 78.3 Å². The molecule has 8 heteroatoms. The zero-order valence-electron chi connectivity index (χ0n) is 16.9. The monoisotopic (exact) mass is 412 g/mol. The number of methoxy groups -OCH3 is 2. The van der Waals surface area contributed by atoms with Crippen LogP contribution in [-0.4, -0.2) is 46.7 Å². The molecule has 0 saturated heterocycles. The quantitative estimate of drug-likeness (QED) is 0.570. The second-order valence-electron chi connectivity index (χ2n) is 6.56. The summed E-state index contributed by atoms with van der Waals surface area (Å²) in [6.07, 6.45) is 0. The van der Waals surface area contributed by atoms with Crippen LogP contribution in [0, 0.1) is 0 Å². The van der Waals surface area contributed by atoms with Gasteiger partial charge < -0.3 is 14.8 Å². The summed E-state index contributed by atoms with van der Waals surface area (Å²) in [6.45, 7) is 3.87. The molecule has 0 saturated carbocycles. The Labute approximate surface area is 174 Å². The molecule has 1 N–H and O–H groups in total. The molecule has 0 aliphatic carbocycles. The Morgan fingerprint density at radius 3 is 2.45 bits per heavy atom. The largest absolute Gasteiger partial charge is 0.493 e. The number of carbonyl (C=O) groups excluding carboxylic acids is 1. The highest BCUT2D eigenvalue weighted by Gasteiger charge is 2.18. The maximum atomic E-state index is 12.1. The van der Waals surface area contributed by atoms with Gasteiger partial charge in [-0.15, -0.1) is 10.2 Å². The van der Waals surface area contributed by atoms with Gasteiger partial charge in [-0.25, -0.2) is 0 Å². The van der Waals surface area contributed by atoms with E-state index in [4.69, 9.17) is 9.47 Å². The number of thioether (sulfide) groups is 1. The highest BCUT2D eigenvalue weighted by atomic mass is 32.2. The van der Waals surface area contributed by atoms with Crippen LogP contribution in [0.15, 0.2) is 53.7 Å². The van der Waals surface area contributed by atoms with Crippen LogP contribution >= 0.6 is 11.8 Å². The number of nitrogens with zero attached hydrogens (tertiary/aromatic N) is 3. The van der Waals surface area contributed by atoms with E-state index in [-0.39, 0.29) is 17.7 Å². The Kier molecular flexibility index (Phi) is 6.77. The van der Waals surface area contributed by atoms with Crippen molar-refractivity contribution in [2.75, 3.05) is 20.0 Å². The first-order valence-electron chi connectivity index (χ1n) is 9.19. The molecule has 1 amide bonds. The lowest BCUT2D eigenvalue weighted by Crippen LogP contribution is -2.31. The van der Waals surface area contributed by atoms with E-state index in [1.165, 1.54) is 11.8 Å². The summed E-state index contributed by atoms with van der Waals surface area (Å²) < 4.78 is 12.7. The molecule has 1 aromatic heterocycles. The molecule has 0 aliphatic rings. The first-order valence-corrected chi connectivity index (χ1v) is 10.2. The van der Waals surface area contributed by atoms with Gasteiger partial charge in [-0.3, -0.25) is 9.36 Å². The van der Waals surface area contributed by atoms with Gasteiger partial charge in [0.25, 0.3) is 0 Å². The summed E-state index contributed by atoms with van der Waals surface area (Å²) in [6, 6.07) is 15.5. The highest BCUT2D eigenvalue weighted by Crippen LogP contribution is 2.33. The van der Waals surface area contributed by atoms with Crippen molar-refractivity contribution < 1.29 is 14.3 Å². The molecule has 0 bridgehead atoms. The van der Waals surface area contributed by atoms with E-state index < -0.39 is 0 Å². The van der Waals surface area contributed by atoms with Crippen LogP contribution < -0.4 is 14.8 Å². The molecular formula is C21H24N4O3S. The number of rotatable bonds is 8. The molecule has 0 fully saturated rings. The van der Waals surface area contributed by atoms with E-state index in [9.17, 15) is 4.79 Å². The fourth-order valence-corrected chi connectivity index (χ4v) is 3.59. The van der Waals surface area contributed by atoms with Crippen molar-refractivity contribution in [3.8, 4) is 28.6 Å². The average molecular weight is 413 g/mol. The molecule has 0 spiro atoms. The van der Waals surface area contributed by atoms with E-state index in [2.05, 4.69) is 15.5 Å². The minimum atomic E-state index is -0.0480. The minimum absolute atomic E-state index is 0.0480. The lowest BCUT2D eigenvalue weighted by Gasteiger charge is -2.14. The van der Waals surface area contributed by atoms with Crippen LogP contribution in [0.5, 0.6) is 11.5 Å². The number of hydrogen-bond acceptors (Lipinski definition) is 6. The van der Waals surface area contributed by atoms with E-state index >= 15 is 0 Å². The van der Waals surface area contributed by atoms with E-state index in [1.807, 2.05) is 66.9 Å². The summed E-state index contributed by atoms with van der Waals surface area (Å²) in [5, 5.41) is 12.2. The minimum Gasteiger partial charge on any atom is -0.493 e. The van der Waals surface area contributed by atoms with Crippen molar-refractivity contribution in [3.05, 3.63) is 48.5 Å². The number of hydrogen-bond donors (Lipinski definition) is 1.